The topological polar surface area (TPSA) is 12.5 Å². The molecule has 1 aliphatic rings. The third kappa shape index (κ3) is 2.38. The Bertz CT molecular complexity index is 85.0. The van der Waals surface area contributed by atoms with Crippen LogP contribution in [0.1, 0.15) is 0 Å². The fraction of sp³-hybridized carbons (Fsp3) is 1.00. The van der Waals surface area contributed by atoms with Crippen LogP contribution in [-0.4, -0.2) is 37.6 Å². The van der Waals surface area contributed by atoms with Crippen molar-refractivity contribution in [3.8, 4) is 0 Å². The number of halogens is 1. The Hall–Kier alpha value is 0.640. The first-order valence-electron chi connectivity index (χ1n) is 3.03. The zero-order valence-corrected chi connectivity index (χ0v) is 7.16. The molecule has 1 atom stereocenters. The molecule has 0 amide bonds. The maximum Gasteiger partial charge on any atom is 0.0597 e. The van der Waals surface area contributed by atoms with Gasteiger partial charge in [-0.3, -0.25) is 4.67 Å². The van der Waals surface area contributed by atoms with Crippen molar-refractivity contribution < 1.29 is 4.74 Å². The van der Waals surface area contributed by atoms with Crippen LogP contribution in [0.25, 0.3) is 0 Å². The minimum atomic E-state index is -0.393. The van der Waals surface area contributed by atoms with Gasteiger partial charge in [-0.05, 0) is 6.66 Å². The quantitative estimate of drug-likeness (QED) is 0.549. The van der Waals surface area contributed by atoms with Crippen molar-refractivity contribution in [2.24, 2.45) is 0 Å². The molecule has 0 aromatic heterocycles. The Morgan fingerprint density at radius 1 is 1.44 bits per heavy atom. The van der Waals surface area contributed by atoms with Gasteiger partial charge in [-0.15, -0.1) is 0 Å². The van der Waals surface area contributed by atoms with E-state index < -0.39 is 7.43 Å². The molecule has 0 radical (unpaired) electrons. The van der Waals surface area contributed by atoms with Crippen molar-refractivity contribution in [3.63, 3.8) is 0 Å². The van der Waals surface area contributed by atoms with E-state index in [-0.39, 0.29) is 0 Å². The summed E-state index contributed by atoms with van der Waals surface area (Å²) < 4.78 is 7.42. The van der Waals surface area contributed by atoms with Gasteiger partial charge in [-0.2, -0.15) is 0 Å². The van der Waals surface area contributed by atoms with Crippen LogP contribution in [0, 0.1) is 0 Å². The molecule has 0 aliphatic carbocycles. The van der Waals surface area contributed by atoms with E-state index in [9.17, 15) is 0 Å². The average Bonchev–Trinajstić information content (AvgIpc) is 1.90. The van der Waals surface area contributed by atoms with Gasteiger partial charge in [0.25, 0.3) is 0 Å². The Balaban J connectivity index is 2.23. The molecule has 0 aromatic rings. The van der Waals surface area contributed by atoms with E-state index >= 15 is 0 Å². The van der Waals surface area contributed by atoms with Crippen LogP contribution in [0.15, 0.2) is 0 Å². The van der Waals surface area contributed by atoms with Crippen LogP contribution in [0.2, 0.25) is 0 Å². The highest BCUT2D eigenvalue weighted by atomic mass is 35.7. The lowest BCUT2D eigenvalue weighted by Gasteiger charge is -2.27. The van der Waals surface area contributed by atoms with Crippen molar-refractivity contribution in [2.75, 3.05) is 33.0 Å². The highest BCUT2D eigenvalue weighted by Gasteiger charge is 2.13. The normalized spacial score (nSPS) is 26.0. The minimum Gasteiger partial charge on any atom is -0.379 e. The van der Waals surface area contributed by atoms with Gasteiger partial charge < -0.3 is 4.74 Å². The first-order valence-corrected chi connectivity index (χ1v) is 5.67. The summed E-state index contributed by atoms with van der Waals surface area (Å²) in [4.78, 5) is 0. The van der Waals surface area contributed by atoms with Crippen LogP contribution < -0.4 is 0 Å². The fourth-order valence-electron chi connectivity index (χ4n) is 0.829. The number of nitrogens with zero attached hydrogens (tertiary/aromatic N) is 1. The average molecular weight is 168 g/mol. The van der Waals surface area contributed by atoms with E-state index in [4.69, 9.17) is 16.0 Å². The Labute approximate surface area is 61.7 Å². The van der Waals surface area contributed by atoms with Crippen molar-refractivity contribution in [1.29, 1.82) is 0 Å². The first-order chi connectivity index (χ1) is 4.30. The predicted molar refractivity (Wildman–Crippen MR) is 41.1 cm³/mol. The van der Waals surface area contributed by atoms with Crippen LogP contribution in [0.3, 0.4) is 0 Å². The molecular formula is C5H11ClNOP. The molecule has 0 spiro atoms. The van der Waals surface area contributed by atoms with Crippen molar-refractivity contribution in [2.45, 2.75) is 0 Å². The van der Waals surface area contributed by atoms with Gasteiger partial charge in [-0.1, -0.05) is 11.2 Å². The molecule has 1 unspecified atom stereocenters. The smallest absolute Gasteiger partial charge is 0.0597 e. The lowest BCUT2D eigenvalue weighted by atomic mass is 10.5. The summed E-state index contributed by atoms with van der Waals surface area (Å²) in [6.07, 6.45) is 0. The minimum absolute atomic E-state index is 0.393. The fourth-order valence-corrected chi connectivity index (χ4v) is 2.00. The predicted octanol–water partition coefficient (Wildman–Crippen LogP) is 1.50. The summed E-state index contributed by atoms with van der Waals surface area (Å²) in [6, 6.07) is 0. The Kier molecular flexibility index (Phi) is 3.20. The molecule has 0 saturated carbocycles. The zero-order chi connectivity index (χ0) is 6.69. The molecule has 1 aliphatic heterocycles. The van der Waals surface area contributed by atoms with E-state index in [1.54, 1.807) is 0 Å². The maximum absolute atomic E-state index is 5.89. The van der Waals surface area contributed by atoms with Gasteiger partial charge in [-0.25, -0.2) is 0 Å². The summed E-state index contributed by atoms with van der Waals surface area (Å²) >= 11 is 5.89. The molecule has 1 fully saturated rings. The monoisotopic (exact) mass is 167 g/mol. The highest BCUT2D eigenvalue weighted by Crippen LogP contribution is 2.41. The van der Waals surface area contributed by atoms with Crippen molar-refractivity contribution in [3.05, 3.63) is 0 Å². The lowest BCUT2D eigenvalue weighted by Crippen LogP contribution is -2.31. The molecule has 54 valence electrons. The Morgan fingerprint density at radius 2 is 2.00 bits per heavy atom. The van der Waals surface area contributed by atoms with Gasteiger partial charge in [0.05, 0.1) is 20.6 Å². The second-order valence-electron chi connectivity index (χ2n) is 2.01. The summed E-state index contributed by atoms with van der Waals surface area (Å²) in [5.74, 6) is 0. The summed E-state index contributed by atoms with van der Waals surface area (Å²) in [5.41, 5.74) is 0. The largest absolute Gasteiger partial charge is 0.379 e. The summed E-state index contributed by atoms with van der Waals surface area (Å²) in [5, 5.41) is 0. The van der Waals surface area contributed by atoms with Gasteiger partial charge in [0.1, 0.15) is 0 Å². The van der Waals surface area contributed by atoms with Gasteiger partial charge in [0.15, 0.2) is 0 Å². The van der Waals surface area contributed by atoms with Crippen molar-refractivity contribution in [1.82, 2.24) is 4.67 Å². The summed E-state index contributed by atoms with van der Waals surface area (Å²) in [6.45, 7) is 5.76. The second kappa shape index (κ2) is 3.72. The van der Waals surface area contributed by atoms with E-state index in [1.807, 2.05) is 0 Å². The highest BCUT2D eigenvalue weighted by molar-refractivity contribution is 7.81. The standard InChI is InChI=1S/C5H11ClNOP/c1-9(6)7-2-4-8-5-3-7/h2-5H2,1H3. The Morgan fingerprint density at radius 3 is 2.33 bits per heavy atom. The SMILES string of the molecule is CP(Cl)N1CCOCC1. The lowest BCUT2D eigenvalue weighted by molar-refractivity contribution is 0.0757. The zero-order valence-electron chi connectivity index (χ0n) is 5.51. The molecule has 1 heterocycles. The number of hydrogen-bond donors (Lipinski definition) is 0. The van der Waals surface area contributed by atoms with E-state index in [1.165, 1.54) is 0 Å². The van der Waals surface area contributed by atoms with Crippen LogP contribution in [0.5, 0.6) is 0 Å². The number of morpholine rings is 1. The molecule has 2 nitrogen and oxygen atoms in total. The molecule has 9 heavy (non-hydrogen) atoms. The third-order valence-electron chi connectivity index (χ3n) is 1.38. The molecule has 0 N–H and O–H groups in total. The molecule has 1 saturated heterocycles. The van der Waals surface area contributed by atoms with E-state index in [0.717, 1.165) is 26.3 Å². The van der Waals surface area contributed by atoms with E-state index in [2.05, 4.69) is 11.3 Å². The van der Waals surface area contributed by atoms with Gasteiger partial charge in [0, 0.05) is 13.1 Å². The molecule has 0 bridgehead atoms. The van der Waals surface area contributed by atoms with Crippen LogP contribution in [-0.2, 0) is 4.74 Å². The maximum atomic E-state index is 5.89. The number of ether oxygens (including phenoxy) is 1. The van der Waals surface area contributed by atoms with E-state index in [0.29, 0.717) is 0 Å². The van der Waals surface area contributed by atoms with Gasteiger partial charge >= 0.3 is 0 Å². The first kappa shape index (κ1) is 7.74. The third-order valence-corrected chi connectivity index (χ3v) is 3.20. The number of rotatable bonds is 1. The molecule has 0 aromatic carbocycles. The molecule has 1 rings (SSSR count). The second-order valence-corrected chi connectivity index (χ2v) is 4.93. The molecule has 4 heteroatoms. The van der Waals surface area contributed by atoms with Gasteiger partial charge in [0.2, 0.25) is 0 Å². The van der Waals surface area contributed by atoms with Crippen LogP contribution in [0.4, 0.5) is 0 Å². The van der Waals surface area contributed by atoms with Crippen molar-refractivity contribution >= 4 is 18.7 Å². The van der Waals surface area contributed by atoms with Crippen LogP contribution >= 0.6 is 18.7 Å². The molecular weight excluding hydrogens is 156 g/mol. The number of hydrogen-bond acceptors (Lipinski definition) is 2. The summed E-state index contributed by atoms with van der Waals surface area (Å²) in [7, 11) is -0.393.